The summed E-state index contributed by atoms with van der Waals surface area (Å²) in [6, 6.07) is 14.8. The molecule has 2 aromatic rings. The van der Waals surface area contributed by atoms with Crippen molar-refractivity contribution in [3.8, 4) is 17.2 Å². The van der Waals surface area contributed by atoms with Gasteiger partial charge in [0.25, 0.3) is 0 Å². The van der Waals surface area contributed by atoms with Crippen LogP contribution in [-0.2, 0) is 0 Å². The van der Waals surface area contributed by atoms with Gasteiger partial charge in [0.1, 0.15) is 29.0 Å². The number of hydrogen-bond donors (Lipinski definition) is 0. The van der Waals surface area contributed by atoms with Crippen molar-refractivity contribution in [3.63, 3.8) is 0 Å². The van der Waals surface area contributed by atoms with Crippen molar-refractivity contribution in [2.75, 3.05) is 26.7 Å². The van der Waals surface area contributed by atoms with Crippen LogP contribution >= 0.6 is 0 Å². The van der Waals surface area contributed by atoms with Crippen LogP contribution in [0.2, 0.25) is 0 Å². The number of likely N-dealkylation sites (tertiary alicyclic amines) is 1. The minimum atomic E-state index is -0.214. The second-order valence-corrected chi connectivity index (χ2v) is 8.59. The molecule has 150 valence electrons. The Morgan fingerprint density at radius 3 is 2.46 bits per heavy atom. The Bertz CT molecular complexity index is 809. The van der Waals surface area contributed by atoms with Crippen LogP contribution in [-0.4, -0.2) is 43.3 Å². The van der Waals surface area contributed by atoms with Gasteiger partial charge in [-0.1, -0.05) is 25.1 Å². The summed E-state index contributed by atoms with van der Waals surface area (Å²) in [5.74, 6) is 3.02. The Balaban J connectivity index is 1.50. The summed E-state index contributed by atoms with van der Waals surface area (Å²) in [5.41, 5.74) is 2.31. The number of hydrogen-bond acceptors (Lipinski definition) is 4. The first-order chi connectivity index (χ1) is 13.5. The summed E-state index contributed by atoms with van der Waals surface area (Å²) in [5, 5.41) is 0. The second-order valence-electron chi connectivity index (χ2n) is 8.59. The molecule has 0 aromatic heterocycles. The normalized spacial score (nSPS) is 21.4. The molecule has 28 heavy (non-hydrogen) atoms. The lowest BCUT2D eigenvalue weighted by molar-refractivity contribution is 0.0202. The zero-order valence-electron chi connectivity index (χ0n) is 17.4. The average molecular weight is 382 g/mol. The van der Waals surface area contributed by atoms with Gasteiger partial charge in [0.15, 0.2) is 0 Å². The van der Waals surface area contributed by atoms with E-state index in [9.17, 15) is 0 Å². The number of benzene rings is 2. The molecule has 0 spiro atoms. The van der Waals surface area contributed by atoms with Gasteiger partial charge in [-0.2, -0.15) is 0 Å². The van der Waals surface area contributed by atoms with Gasteiger partial charge in [0.05, 0.1) is 7.11 Å². The van der Waals surface area contributed by atoms with Crippen LogP contribution in [0.3, 0.4) is 0 Å². The van der Waals surface area contributed by atoms with E-state index < -0.39 is 0 Å². The molecule has 0 N–H and O–H groups in total. The third-order valence-corrected chi connectivity index (χ3v) is 5.73. The van der Waals surface area contributed by atoms with Gasteiger partial charge < -0.3 is 14.2 Å². The van der Waals surface area contributed by atoms with Gasteiger partial charge >= 0.3 is 0 Å². The Kier molecular flexibility index (Phi) is 5.24. The maximum Gasteiger partial charge on any atom is 0.127 e. The van der Waals surface area contributed by atoms with Crippen molar-refractivity contribution in [1.29, 1.82) is 0 Å². The summed E-state index contributed by atoms with van der Waals surface area (Å²) in [7, 11) is 1.69. The Morgan fingerprint density at radius 1 is 1.07 bits per heavy atom. The molecule has 2 aliphatic heterocycles. The monoisotopic (exact) mass is 381 g/mol. The number of fused-ring (bicyclic) bond motifs is 1. The highest BCUT2D eigenvalue weighted by Crippen LogP contribution is 2.45. The van der Waals surface area contributed by atoms with E-state index in [-0.39, 0.29) is 5.60 Å². The summed E-state index contributed by atoms with van der Waals surface area (Å²) >= 11 is 0. The van der Waals surface area contributed by atoms with Gasteiger partial charge in [-0.3, -0.25) is 4.90 Å². The number of rotatable bonds is 6. The molecule has 0 saturated carbocycles. The first-order valence-corrected chi connectivity index (χ1v) is 10.3. The van der Waals surface area contributed by atoms with E-state index in [0.717, 1.165) is 36.8 Å². The van der Waals surface area contributed by atoms with E-state index >= 15 is 0 Å². The molecule has 2 aliphatic rings. The molecule has 0 bridgehead atoms. The zero-order valence-corrected chi connectivity index (χ0v) is 17.4. The predicted octanol–water partition coefficient (Wildman–Crippen LogP) is 4.86. The standard InChI is InChI=1S/C24H31NO3/c1-5-12-25-15-20(16-25)27-18-8-6-17(7-9-18)22-14-24(2,3)28-23-13-19(26-4)10-11-21(22)23/h6-11,13,20,22H,5,12,14-16H2,1-4H3. The fourth-order valence-corrected chi connectivity index (χ4v) is 4.32. The molecule has 1 fully saturated rings. The van der Waals surface area contributed by atoms with Crippen molar-refractivity contribution < 1.29 is 14.2 Å². The number of ether oxygens (including phenoxy) is 3. The topological polar surface area (TPSA) is 30.9 Å². The third-order valence-electron chi connectivity index (χ3n) is 5.73. The first kappa shape index (κ1) is 19.1. The van der Waals surface area contributed by atoms with E-state index in [0.29, 0.717) is 12.0 Å². The van der Waals surface area contributed by atoms with Crippen molar-refractivity contribution in [2.24, 2.45) is 0 Å². The van der Waals surface area contributed by atoms with Crippen LogP contribution < -0.4 is 14.2 Å². The molecule has 0 amide bonds. The summed E-state index contributed by atoms with van der Waals surface area (Å²) in [6.45, 7) is 9.77. The molecular weight excluding hydrogens is 350 g/mol. The van der Waals surface area contributed by atoms with Gasteiger partial charge in [-0.05, 0) is 57.0 Å². The Morgan fingerprint density at radius 2 is 1.79 bits per heavy atom. The second kappa shape index (κ2) is 7.67. The van der Waals surface area contributed by atoms with Crippen LogP contribution in [0.15, 0.2) is 42.5 Å². The van der Waals surface area contributed by atoms with Crippen LogP contribution in [0.5, 0.6) is 17.2 Å². The van der Waals surface area contributed by atoms with E-state index in [4.69, 9.17) is 14.2 Å². The molecule has 4 nitrogen and oxygen atoms in total. The highest BCUT2D eigenvalue weighted by Gasteiger charge is 2.35. The quantitative estimate of drug-likeness (QED) is 0.715. The van der Waals surface area contributed by atoms with Gasteiger partial charge in [-0.15, -0.1) is 0 Å². The number of nitrogens with zero attached hydrogens (tertiary/aromatic N) is 1. The summed E-state index contributed by atoms with van der Waals surface area (Å²) in [4.78, 5) is 2.44. The lowest BCUT2D eigenvalue weighted by atomic mass is 9.80. The predicted molar refractivity (Wildman–Crippen MR) is 112 cm³/mol. The molecule has 1 saturated heterocycles. The highest BCUT2D eigenvalue weighted by atomic mass is 16.5. The van der Waals surface area contributed by atoms with Gasteiger partial charge in [0.2, 0.25) is 0 Å². The minimum absolute atomic E-state index is 0.214. The maximum atomic E-state index is 6.23. The third kappa shape index (κ3) is 3.97. The molecule has 2 heterocycles. The van der Waals surface area contributed by atoms with Crippen molar-refractivity contribution in [2.45, 2.75) is 51.2 Å². The Hall–Kier alpha value is -2.20. The average Bonchev–Trinajstić information content (AvgIpc) is 2.65. The number of methoxy groups -OCH3 is 1. The van der Waals surface area contributed by atoms with E-state index in [1.165, 1.54) is 24.1 Å². The fraction of sp³-hybridized carbons (Fsp3) is 0.500. The Labute approximate surface area is 168 Å². The van der Waals surface area contributed by atoms with Gasteiger partial charge in [-0.25, -0.2) is 0 Å². The van der Waals surface area contributed by atoms with E-state index in [1.54, 1.807) is 7.11 Å². The molecule has 2 aromatic carbocycles. The summed E-state index contributed by atoms with van der Waals surface area (Å²) in [6.07, 6.45) is 2.48. The first-order valence-electron chi connectivity index (χ1n) is 10.3. The molecule has 4 rings (SSSR count). The zero-order chi connectivity index (χ0) is 19.7. The molecular formula is C24H31NO3. The SMILES string of the molecule is CCCN1CC(Oc2ccc(C3CC(C)(C)Oc4cc(OC)ccc43)cc2)C1. The van der Waals surface area contributed by atoms with E-state index in [2.05, 4.69) is 56.0 Å². The van der Waals surface area contributed by atoms with E-state index in [1.807, 2.05) is 12.1 Å². The lowest BCUT2D eigenvalue weighted by Gasteiger charge is -2.39. The van der Waals surface area contributed by atoms with Crippen molar-refractivity contribution in [1.82, 2.24) is 4.90 Å². The molecule has 0 radical (unpaired) electrons. The van der Waals surface area contributed by atoms with Crippen molar-refractivity contribution >= 4 is 0 Å². The van der Waals surface area contributed by atoms with Crippen LogP contribution in [0.1, 0.15) is 50.7 Å². The van der Waals surface area contributed by atoms with Crippen molar-refractivity contribution in [3.05, 3.63) is 53.6 Å². The maximum absolute atomic E-state index is 6.23. The molecule has 1 unspecified atom stereocenters. The largest absolute Gasteiger partial charge is 0.497 e. The summed E-state index contributed by atoms with van der Waals surface area (Å²) < 4.78 is 17.7. The minimum Gasteiger partial charge on any atom is -0.497 e. The molecule has 0 aliphatic carbocycles. The van der Waals surface area contributed by atoms with Crippen LogP contribution in [0.4, 0.5) is 0 Å². The molecule has 1 atom stereocenters. The lowest BCUT2D eigenvalue weighted by Crippen LogP contribution is -2.53. The fourth-order valence-electron chi connectivity index (χ4n) is 4.32. The van der Waals surface area contributed by atoms with Crippen LogP contribution in [0.25, 0.3) is 0 Å². The smallest absolute Gasteiger partial charge is 0.127 e. The van der Waals surface area contributed by atoms with Gasteiger partial charge in [0, 0.05) is 30.6 Å². The molecule has 4 heteroatoms. The van der Waals surface area contributed by atoms with Crippen LogP contribution in [0, 0.1) is 0 Å². The highest BCUT2D eigenvalue weighted by molar-refractivity contribution is 5.49.